The van der Waals surface area contributed by atoms with Crippen molar-refractivity contribution in [2.75, 3.05) is 0 Å². The summed E-state index contributed by atoms with van der Waals surface area (Å²) in [6.45, 7) is 2.09. The van der Waals surface area contributed by atoms with Crippen molar-refractivity contribution in [2.24, 2.45) is 10.2 Å². The molecule has 2 nitrogen and oxygen atoms in total. The molecule has 0 atom stereocenters. The highest BCUT2D eigenvalue weighted by Gasteiger charge is 2.05. The minimum atomic E-state index is 0.851. The summed E-state index contributed by atoms with van der Waals surface area (Å²) < 4.78 is 0. The number of hydrogen-bond donors (Lipinski definition) is 0. The molecule has 0 spiro atoms. The fraction of sp³-hybridized carbons (Fsp3) is 0.0556. The number of aryl methyl sites for hydroxylation is 1. The van der Waals surface area contributed by atoms with E-state index in [-0.39, 0.29) is 0 Å². The third-order valence-corrected chi connectivity index (χ3v) is 3.15. The van der Waals surface area contributed by atoms with E-state index >= 15 is 0 Å². The van der Waals surface area contributed by atoms with Gasteiger partial charge < -0.3 is 0 Å². The molecule has 0 bridgehead atoms. The molecule has 0 heterocycles. The first kappa shape index (κ1) is 12.3. The minimum Gasteiger partial charge on any atom is -0.151 e. The zero-order valence-corrected chi connectivity index (χ0v) is 11.2. The summed E-state index contributed by atoms with van der Waals surface area (Å²) in [6, 6.07) is 15.8. The molecule has 1 aliphatic carbocycles. The molecular weight excluding hydrogens is 244 g/mol. The van der Waals surface area contributed by atoms with Gasteiger partial charge in [-0.15, -0.1) is 5.73 Å². The molecule has 0 saturated heterocycles. The Balaban J connectivity index is 1.92. The van der Waals surface area contributed by atoms with Gasteiger partial charge in [0.25, 0.3) is 0 Å². The van der Waals surface area contributed by atoms with Gasteiger partial charge in [-0.25, -0.2) is 0 Å². The molecule has 2 aromatic rings. The van der Waals surface area contributed by atoms with Gasteiger partial charge in [-0.3, -0.25) is 0 Å². The average molecular weight is 258 g/mol. The molecule has 0 N–H and O–H groups in total. The molecule has 0 aromatic heterocycles. The van der Waals surface area contributed by atoms with Crippen LogP contribution in [0.1, 0.15) is 11.1 Å². The molecule has 2 heteroatoms. The molecule has 2 aromatic carbocycles. The van der Waals surface area contributed by atoms with Gasteiger partial charge in [0.15, 0.2) is 0 Å². The minimum absolute atomic E-state index is 0.851. The lowest BCUT2D eigenvalue weighted by atomic mass is 10.0. The van der Waals surface area contributed by atoms with Crippen LogP contribution in [-0.2, 0) is 0 Å². The lowest BCUT2D eigenvalue weighted by Gasteiger charge is -2.04. The van der Waals surface area contributed by atoms with E-state index in [0.717, 1.165) is 22.5 Å². The van der Waals surface area contributed by atoms with E-state index in [1.165, 1.54) is 5.56 Å². The molecule has 0 unspecified atom stereocenters. The molecule has 20 heavy (non-hydrogen) atoms. The largest absolute Gasteiger partial charge is 0.151 e. The highest BCUT2D eigenvalue weighted by atomic mass is 15.1. The Kier molecular flexibility index (Phi) is 3.40. The number of allylic oxidation sites excluding steroid dienone is 3. The van der Waals surface area contributed by atoms with Gasteiger partial charge in [-0.2, -0.15) is 10.2 Å². The maximum atomic E-state index is 4.30. The van der Waals surface area contributed by atoms with E-state index in [9.17, 15) is 0 Å². The maximum Gasteiger partial charge on any atom is 0.0863 e. The first-order chi connectivity index (χ1) is 9.83. The van der Waals surface area contributed by atoms with Crippen LogP contribution in [0.3, 0.4) is 0 Å². The molecule has 0 fully saturated rings. The van der Waals surface area contributed by atoms with Crippen molar-refractivity contribution in [3.63, 3.8) is 0 Å². The summed E-state index contributed by atoms with van der Waals surface area (Å²) in [5, 5.41) is 8.54. The van der Waals surface area contributed by atoms with E-state index in [4.69, 9.17) is 0 Å². The Bertz CT molecular complexity index is 746. The smallest absolute Gasteiger partial charge is 0.0863 e. The monoisotopic (exact) mass is 258 g/mol. The summed E-state index contributed by atoms with van der Waals surface area (Å²) in [7, 11) is 0. The van der Waals surface area contributed by atoms with Crippen LogP contribution < -0.4 is 0 Å². The summed E-state index contributed by atoms with van der Waals surface area (Å²) in [5.74, 6) is 0. The van der Waals surface area contributed by atoms with Crippen LogP contribution in [0.5, 0.6) is 0 Å². The molecule has 96 valence electrons. The Morgan fingerprint density at radius 1 is 0.900 bits per heavy atom. The summed E-state index contributed by atoms with van der Waals surface area (Å²) in [4.78, 5) is 0. The average Bonchev–Trinajstić information content (AvgIpc) is 3.01. The van der Waals surface area contributed by atoms with E-state index in [0.29, 0.717) is 0 Å². The van der Waals surface area contributed by atoms with Crippen molar-refractivity contribution in [1.82, 2.24) is 0 Å². The second kappa shape index (κ2) is 5.52. The van der Waals surface area contributed by atoms with Crippen LogP contribution in [0.15, 0.2) is 82.7 Å². The molecule has 0 radical (unpaired) electrons. The van der Waals surface area contributed by atoms with E-state index in [1.807, 2.05) is 54.6 Å². The second-order valence-electron chi connectivity index (χ2n) is 4.62. The van der Waals surface area contributed by atoms with E-state index in [2.05, 4.69) is 35.0 Å². The summed E-state index contributed by atoms with van der Waals surface area (Å²) >= 11 is 0. The molecule has 0 aliphatic heterocycles. The SMILES string of the molecule is Cc1ccc(N=Nc2ccccc2)cc1C1=C=CC=C1. The van der Waals surface area contributed by atoms with Crippen LogP contribution in [0, 0.1) is 6.92 Å². The second-order valence-corrected chi connectivity index (χ2v) is 4.62. The summed E-state index contributed by atoms with van der Waals surface area (Å²) in [5.41, 5.74) is 8.39. The van der Waals surface area contributed by atoms with Gasteiger partial charge in [0.05, 0.1) is 11.4 Å². The van der Waals surface area contributed by atoms with Crippen LogP contribution in [0.2, 0.25) is 0 Å². The Labute approximate surface area is 118 Å². The highest BCUT2D eigenvalue weighted by molar-refractivity contribution is 5.79. The van der Waals surface area contributed by atoms with Gasteiger partial charge in [-0.05, 0) is 54.5 Å². The zero-order chi connectivity index (χ0) is 13.8. The van der Waals surface area contributed by atoms with Crippen molar-refractivity contribution in [3.8, 4) is 0 Å². The standard InChI is InChI=1S/C18H14N2/c1-14-11-12-17(13-18(14)15-7-5-6-8-15)20-19-16-9-3-2-4-10-16/h2-7,9-13H,1H3. The predicted molar refractivity (Wildman–Crippen MR) is 82.4 cm³/mol. The van der Waals surface area contributed by atoms with Gasteiger partial charge in [0.1, 0.15) is 0 Å². The molecule has 0 saturated carbocycles. The first-order valence-electron chi connectivity index (χ1n) is 6.54. The Morgan fingerprint density at radius 2 is 1.70 bits per heavy atom. The fourth-order valence-electron chi connectivity index (χ4n) is 2.07. The van der Waals surface area contributed by atoms with Crippen LogP contribution in [0.25, 0.3) is 5.57 Å². The third kappa shape index (κ3) is 2.66. The summed E-state index contributed by atoms with van der Waals surface area (Å²) in [6.07, 6.45) is 5.97. The quantitative estimate of drug-likeness (QED) is 0.511. The Morgan fingerprint density at radius 3 is 2.45 bits per heavy atom. The fourth-order valence-corrected chi connectivity index (χ4v) is 2.07. The topological polar surface area (TPSA) is 24.7 Å². The number of hydrogen-bond acceptors (Lipinski definition) is 2. The normalized spacial score (nSPS) is 13.2. The molecular formula is C18H14N2. The van der Waals surface area contributed by atoms with Crippen LogP contribution >= 0.6 is 0 Å². The number of benzene rings is 2. The van der Waals surface area contributed by atoms with Crippen molar-refractivity contribution in [1.29, 1.82) is 0 Å². The molecule has 3 rings (SSSR count). The van der Waals surface area contributed by atoms with E-state index in [1.54, 1.807) is 0 Å². The van der Waals surface area contributed by atoms with Crippen molar-refractivity contribution < 1.29 is 0 Å². The van der Waals surface area contributed by atoms with Gasteiger partial charge in [-0.1, -0.05) is 30.3 Å². The zero-order valence-electron chi connectivity index (χ0n) is 11.2. The van der Waals surface area contributed by atoms with E-state index < -0.39 is 0 Å². The van der Waals surface area contributed by atoms with Crippen molar-refractivity contribution in [3.05, 3.63) is 83.6 Å². The maximum absolute atomic E-state index is 4.30. The lowest BCUT2D eigenvalue weighted by molar-refractivity contribution is 1.22. The molecule has 0 amide bonds. The van der Waals surface area contributed by atoms with Gasteiger partial charge >= 0.3 is 0 Å². The van der Waals surface area contributed by atoms with Crippen LogP contribution in [-0.4, -0.2) is 0 Å². The third-order valence-electron chi connectivity index (χ3n) is 3.15. The predicted octanol–water partition coefficient (Wildman–Crippen LogP) is 5.52. The number of azo groups is 1. The Hall–Kier alpha value is -2.70. The highest BCUT2D eigenvalue weighted by Crippen LogP contribution is 2.27. The lowest BCUT2D eigenvalue weighted by Crippen LogP contribution is -1.84. The number of nitrogens with zero attached hydrogens (tertiary/aromatic N) is 2. The molecule has 1 aliphatic rings. The van der Waals surface area contributed by atoms with Crippen molar-refractivity contribution >= 4 is 16.9 Å². The van der Waals surface area contributed by atoms with Gasteiger partial charge in [0, 0.05) is 5.57 Å². The number of rotatable bonds is 3. The van der Waals surface area contributed by atoms with Crippen molar-refractivity contribution in [2.45, 2.75) is 6.92 Å². The van der Waals surface area contributed by atoms with Crippen LogP contribution in [0.4, 0.5) is 11.4 Å². The first-order valence-corrected chi connectivity index (χ1v) is 6.54. The van der Waals surface area contributed by atoms with Gasteiger partial charge in [0.2, 0.25) is 0 Å².